The average Bonchev–Trinajstić information content (AvgIpc) is 2.35. The normalized spacial score (nSPS) is 11.1. The van der Waals surface area contributed by atoms with E-state index < -0.39 is 10.0 Å². The van der Waals surface area contributed by atoms with Crippen LogP contribution < -0.4 is 15.2 Å². The molecule has 0 spiro atoms. The summed E-state index contributed by atoms with van der Waals surface area (Å²) in [7, 11) is -2.60. The lowest BCUT2D eigenvalue weighted by molar-refractivity contribution is -0.120. The maximum atomic E-state index is 11.4. The van der Waals surface area contributed by atoms with Crippen molar-refractivity contribution in [2.75, 3.05) is 25.6 Å². The van der Waals surface area contributed by atoms with E-state index in [1.165, 1.54) is 25.3 Å². The number of benzene rings is 1. The number of nitrogens with one attached hydrogen (secondary N) is 1. The fourth-order valence-corrected chi connectivity index (χ4v) is 2.09. The van der Waals surface area contributed by atoms with E-state index in [0.29, 0.717) is 12.3 Å². The molecule has 1 amide bonds. The molecule has 0 aliphatic rings. The fourth-order valence-electron chi connectivity index (χ4n) is 1.37. The van der Waals surface area contributed by atoms with Crippen molar-refractivity contribution in [3.05, 3.63) is 18.2 Å². The Balaban J connectivity index is 2.96. The zero-order valence-electron chi connectivity index (χ0n) is 10.7. The second-order valence-electron chi connectivity index (χ2n) is 3.60. The maximum Gasteiger partial charge on any atom is 0.250 e. The summed E-state index contributed by atoms with van der Waals surface area (Å²) in [5, 5.41) is 7.57. The Bertz CT molecular complexity index is 556. The van der Waals surface area contributed by atoms with Gasteiger partial charge in [0, 0.05) is 12.3 Å². The van der Waals surface area contributed by atoms with E-state index in [1.54, 1.807) is 6.92 Å². The number of sulfonamides is 1. The number of nitrogens with two attached hydrogens (primary N) is 1. The van der Waals surface area contributed by atoms with Gasteiger partial charge in [-0.15, -0.1) is 0 Å². The number of hydrogen-bond acceptors (Lipinski definition) is 5. The highest BCUT2D eigenvalue weighted by atomic mass is 32.2. The molecular weight excluding hydrogens is 272 g/mol. The third kappa shape index (κ3) is 4.51. The molecule has 0 aliphatic heterocycles. The van der Waals surface area contributed by atoms with Crippen LogP contribution in [0.2, 0.25) is 0 Å². The zero-order valence-corrected chi connectivity index (χ0v) is 11.5. The molecule has 0 saturated heterocycles. The van der Waals surface area contributed by atoms with Gasteiger partial charge in [0.2, 0.25) is 15.9 Å². The van der Waals surface area contributed by atoms with Gasteiger partial charge in [-0.25, -0.2) is 13.6 Å². The molecule has 7 nitrogen and oxygen atoms in total. The first-order valence-corrected chi connectivity index (χ1v) is 7.01. The van der Waals surface area contributed by atoms with Gasteiger partial charge in [-0.05, 0) is 25.1 Å². The second kappa shape index (κ2) is 6.50. The number of rotatable bonds is 6. The highest BCUT2D eigenvalue weighted by Gasteiger charge is 2.16. The molecule has 0 saturated carbocycles. The lowest BCUT2D eigenvalue weighted by Crippen LogP contribution is -2.19. The Morgan fingerprint density at radius 1 is 1.42 bits per heavy atom. The van der Waals surface area contributed by atoms with Crippen molar-refractivity contribution in [1.29, 1.82) is 0 Å². The SMILES string of the molecule is CCOCC(=O)Nc1ccc(OC)c(S(N)(=O)=O)c1. The Kier molecular flexibility index (Phi) is 5.28. The predicted molar refractivity (Wildman–Crippen MR) is 69.5 cm³/mol. The first-order valence-electron chi connectivity index (χ1n) is 5.47. The minimum absolute atomic E-state index is 0.104. The van der Waals surface area contributed by atoms with E-state index in [4.69, 9.17) is 14.6 Å². The van der Waals surface area contributed by atoms with Crippen molar-refractivity contribution in [2.45, 2.75) is 11.8 Å². The van der Waals surface area contributed by atoms with Crippen LogP contribution >= 0.6 is 0 Å². The van der Waals surface area contributed by atoms with E-state index in [2.05, 4.69) is 5.32 Å². The van der Waals surface area contributed by atoms with Gasteiger partial charge in [0.05, 0.1) is 7.11 Å². The number of amides is 1. The van der Waals surface area contributed by atoms with Crippen LogP contribution in [0.15, 0.2) is 23.1 Å². The van der Waals surface area contributed by atoms with Crippen LogP contribution in [0.3, 0.4) is 0 Å². The summed E-state index contributed by atoms with van der Waals surface area (Å²) in [4.78, 5) is 11.2. The van der Waals surface area contributed by atoms with Gasteiger partial charge in [-0.3, -0.25) is 4.79 Å². The number of ether oxygens (including phenoxy) is 2. The molecule has 0 fully saturated rings. The molecule has 0 aliphatic carbocycles. The van der Waals surface area contributed by atoms with Gasteiger partial charge < -0.3 is 14.8 Å². The topological polar surface area (TPSA) is 108 Å². The van der Waals surface area contributed by atoms with E-state index >= 15 is 0 Å². The third-order valence-corrected chi connectivity index (χ3v) is 3.12. The molecule has 106 valence electrons. The van der Waals surface area contributed by atoms with Crippen LogP contribution in [-0.4, -0.2) is 34.6 Å². The Labute approximate surface area is 111 Å². The number of hydrogen-bond donors (Lipinski definition) is 2. The molecule has 1 aromatic carbocycles. The summed E-state index contributed by atoms with van der Waals surface area (Å²) in [6.07, 6.45) is 0. The molecule has 0 radical (unpaired) electrons. The van der Waals surface area contributed by atoms with Crippen LogP contribution in [0.1, 0.15) is 6.92 Å². The van der Waals surface area contributed by atoms with Crippen LogP contribution in [0, 0.1) is 0 Å². The third-order valence-electron chi connectivity index (χ3n) is 2.19. The molecular formula is C11H16N2O5S. The van der Waals surface area contributed by atoms with Crippen LogP contribution in [0.5, 0.6) is 5.75 Å². The molecule has 1 rings (SSSR count). The first-order chi connectivity index (χ1) is 8.88. The number of carbonyl (C=O) groups is 1. The molecule has 0 unspecified atom stereocenters. The van der Waals surface area contributed by atoms with Crippen LogP contribution in [0.4, 0.5) is 5.69 Å². The Morgan fingerprint density at radius 3 is 2.63 bits per heavy atom. The van der Waals surface area contributed by atoms with Gasteiger partial charge in [-0.2, -0.15) is 0 Å². The second-order valence-corrected chi connectivity index (χ2v) is 5.13. The number of anilines is 1. The fraction of sp³-hybridized carbons (Fsp3) is 0.364. The molecule has 0 aromatic heterocycles. The van der Waals surface area contributed by atoms with Gasteiger partial charge >= 0.3 is 0 Å². The lowest BCUT2D eigenvalue weighted by atomic mass is 10.3. The Morgan fingerprint density at radius 2 is 2.11 bits per heavy atom. The van der Waals surface area contributed by atoms with Crippen molar-refractivity contribution in [3.8, 4) is 5.75 Å². The van der Waals surface area contributed by atoms with Crippen molar-refractivity contribution >= 4 is 21.6 Å². The molecule has 0 bridgehead atoms. The summed E-state index contributed by atoms with van der Waals surface area (Å²) in [6, 6.07) is 4.16. The van der Waals surface area contributed by atoms with Gasteiger partial charge in [0.15, 0.2) is 0 Å². The zero-order chi connectivity index (χ0) is 14.5. The van der Waals surface area contributed by atoms with Crippen LogP contribution in [0.25, 0.3) is 0 Å². The number of primary sulfonamides is 1. The molecule has 8 heteroatoms. The Hall–Kier alpha value is -1.64. The van der Waals surface area contributed by atoms with Gasteiger partial charge in [-0.1, -0.05) is 0 Å². The standard InChI is InChI=1S/C11H16N2O5S/c1-3-18-7-11(14)13-8-4-5-9(17-2)10(6-8)19(12,15)16/h4-6H,3,7H2,1-2H3,(H,13,14)(H2,12,15,16). The molecule has 0 heterocycles. The summed E-state index contributed by atoms with van der Waals surface area (Å²) in [5.41, 5.74) is 0.300. The minimum atomic E-state index is -3.93. The summed E-state index contributed by atoms with van der Waals surface area (Å²) in [6.45, 7) is 2.07. The molecule has 3 N–H and O–H groups in total. The quantitative estimate of drug-likeness (QED) is 0.783. The number of methoxy groups -OCH3 is 1. The molecule has 0 atom stereocenters. The predicted octanol–water partition coefficient (Wildman–Crippen LogP) is 0.318. The monoisotopic (exact) mass is 288 g/mol. The smallest absolute Gasteiger partial charge is 0.250 e. The van der Waals surface area contributed by atoms with Crippen LogP contribution in [-0.2, 0) is 19.6 Å². The molecule has 1 aromatic rings. The van der Waals surface area contributed by atoms with Crippen molar-refractivity contribution in [1.82, 2.24) is 0 Å². The van der Waals surface area contributed by atoms with E-state index in [1.807, 2.05) is 0 Å². The van der Waals surface area contributed by atoms with E-state index in [-0.39, 0.29) is 23.2 Å². The summed E-state index contributed by atoms with van der Waals surface area (Å²) in [5.74, 6) is -0.266. The van der Waals surface area contributed by atoms with Gasteiger partial charge in [0.1, 0.15) is 17.3 Å². The lowest BCUT2D eigenvalue weighted by Gasteiger charge is -2.10. The summed E-state index contributed by atoms with van der Waals surface area (Å²) >= 11 is 0. The van der Waals surface area contributed by atoms with Crippen molar-refractivity contribution in [3.63, 3.8) is 0 Å². The largest absolute Gasteiger partial charge is 0.495 e. The number of carbonyl (C=O) groups excluding carboxylic acids is 1. The van der Waals surface area contributed by atoms with Gasteiger partial charge in [0.25, 0.3) is 0 Å². The maximum absolute atomic E-state index is 11.4. The van der Waals surface area contributed by atoms with E-state index in [9.17, 15) is 13.2 Å². The summed E-state index contributed by atoms with van der Waals surface area (Å²) < 4.78 is 32.6. The first kappa shape index (κ1) is 15.4. The van der Waals surface area contributed by atoms with Crippen molar-refractivity contribution in [2.24, 2.45) is 5.14 Å². The van der Waals surface area contributed by atoms with Crippen molar-refractivity contribution < 1.29 is 22.7 Å². The van der Waals surface area contributed by atoms with E-state index in [0.717, 1.165) is 0 Å². The highest BCUT2D eigenvalue weighted by molar-refractivity contribution is 7.89. The molecule has 19 heavy (non-hydrogen) atoms. The minimum Gasteiger partial charge on any atom is -0.495 e. The average molecular weight is 288 g/mol. The highest BCUT2D eigenvalue weighted by Crippen LogP contribution is 2.25.